The monoisotopic (exact) mass is 643 g/mol. The molecular formula is C30H26BrN7OS2. The molecule has 6 rings (SSSR count). The van der Waals surface area contributed by atoms with E-state index in [2.05, 4.69) is 82.6 Å². The van der Waals surface area contributed by atoms with E-state index in [1.807, 2.05) is 49.4 Å². The lowest BCUT2D eigenvalue weighted by Gasteiger charge is -2.16. The number of hydrogen-bond donors (Lipinski definition) is 1. The van der Waals surface area contributed by atoms with Gasteiger partial charge in [0.05, 0.1) is 16.5 Å². The second-order valence-corrected chi connectivity index (χ2v) is 12.5. The van der Waals surface area contributed by atoms with E-state index in [4.69, 9.17) is 4.98 Å². The normalized spacial score (nSPS) is 14.1. The number of thioether (sulfide) groups is 2. The number of nitrogens with one attached hydrogen (secondary N) is 1. The molecular weight excluding hydrogens is 618 g/mol. The van der Waals surface area contributed by atoms with Crippen LogP contribution in [-0.2, 0) is 17.8 Å². The molecule has 1 amide bonds. The fourth-order valence-electron chi connectivity index (χ4n) is 4.63. The standard InChI is InChI=1S/C30H26BrN7OS2/c1-2-25(28(39)33-29-36-34-23(18-40-29)20-12-14-21(31)15-13-20)41-30-32-27-26(35-37-30)22-10-6-7-11-24(22)38(27)17-16-19-8-4-3-5-9-19/h3-15,25H,2,16-18H2,1H3,(H,33,36,39). The van der Waals surface area contributed by atoms with Gasteiger partial charge in [0.15, 0.2) is 10.8 Å². The van der Waals surface area contributed by atoms with Crippen molar-refractivity contribution in [1.82, 2.24) is 25.1 Å². The first-order valence-corrected chi connectivity index (χ1v) is 15.9. The van der Waals surface area contributed by atoms with E-state index in [1.54, 1.807) is 0 Å². The number of carbonyl (C=O) groups is 1. The zero-order valence-corrected chi connectivity index (χ0v) is 25.4. The third kappa shape index (κ3) is 6.22. The average molecular weight is 645 g/mol. The fraction of sp³-hybridized carbons (Fsp3) is 0.200. The van der Waals surface area contributed by atoms with Crippen LogP contribution in [0, 0.1) is 0 Å². The summed E-state index contributed by atoms with van der Waals surface area (Å²) in [7, 11) is 0. The summed E-state index contributed by atoms with van der Waals surface area (Å²) in [5.74, 6) is 0.474. The van der Waals surface area contributed by atoms with Crippen LogP contribution in [0.25, 0.3) is 22.1 Å². The van der Waals surface area contributed by atoms with Crippen molar-refractivity contribution < 1.29 is 4.79 Å². The Balaban J connectivity index is 1.20. The van der Waals surface area contributed by atoms with Crippen LogP contribution in [0.2, 0.25) is 0 Å². The van der Waals surface area contributed by atoms with Crippen molar-refractivity contribution in [3.05, 3.63) is 94.5 Å². The first-order valence-electron chi connectivity index (χ1n) is 13.3. The molecule has 0 radical (unpaired) electrons. The number of fused-ring (bicyclic) bond motifs is 3. The number of aromatic nitrogens is 4. The minimum Gasteiger partial charge on any atom is -0.323 e. The summed E-state index contributed by atoms with van der Waals surface area (Å²) in [4.78, 5) is 18.1. The summed E-state index contributed by atoms with van der Waals surface area (Å²) in [6.07, 6.45) is 1.47. The van der Waals surface area contributed by atoms with Crippen molar-refractivity contribution in [1.29, 1.82) is 0 Å². The lowest BCUT2D eigenvalue weighted by atomic mass is 10.1. The van der Waals surface area contributed by atoms with E-state index < -0.39 is 5.25 Å². The van der Waals surface area contributed by atoms with E-state index in [9.17, 15) is 4.79 Å². The topological polar surface area (TPSA) is 97.4 Å². The highest BCUT2D eigenvalue weighted by Gasteiger charge is 2.24. The number of rotatable bonds is 8. The molecule has 5 aromatic rings. The number of aryl methyl sites for hydroxylation is 2. The molecule has 0 fully saturated rings. The van der Waals surface area contributed by atoms with Gasteiger partial charge in [-0.2, -0.15) is 5.10 Å². The second-order valence-electron chi connectivity index (χ2n) is 9.42. The molecule has 0 saturated heterocycles. The molecule has 1 unspecified atom stereocenters. The molecule has 8 nitrogen and oxygen atoms in total. The number of nitrogens with zero attached hydrogens (tertiary/aromatic N) is 6. The average Bonchev–Trinajstić information content (AvgIpc) is 3.33. The SMILES string of the molecule is CCC(Sc1nnc2c3ccccc3n(CCc3ccccc3)c2n1)C(=O)NC1=NN=C(c2ccc(Br)cc2)CS1. The van der Waals surface area contributed by atoms with Crippen molar-refractivity contribution in [3.8, 4) is 0 Å². The summed E-state index contributed by atoms with van der Waals surface area (Å²) >= 11 is 6.23. The molecule has 0 bridgehead atoms. The van der Waals surface area contributed by atoms with Crippen LogP contribution in [0.15, 0.2) is 98.7 Å². The number of hydrogen-bond acceptors (Lipinski definition) is 8. The van der Waals surface area contributed by atoms with Gasteiger partial charge in [-0.25, -0.2) is 4.98 Å². The van der Waals surface area contributed by atoms with Gasteiger partial charge in [-0.15, -0.1) is 15.3 Å². The maximum Gasteiger partial charge on any atom is 0.239 e. The van der Waals surface area contributed by atoms with E-state index >= 15 is 0 Å². The number of carbonyl (C=O) groups excluding carboxylic acids is 1. The van der Waals surface area contributed by atoms with Gasteiger partial charge >= 0.3 is 0 Å². The summed E-state index contributed by atoms with van der Waals surface area (Å²) in [5, 5.41) is 22.1. The molecule has 1 atom stereocenters. The van der Waals surface area contributed by atoms with Gasteiger partial charge in [0.1, 0.15) is 5.52 Å². The summed E-state index contributed by atoms with van der Waals surface area (Å²) in [6, 6.07) is 26.5. The predicted octanol–water partition coefficient (Wildman–Crippen LogP) is 6.48. The number of amides is 1. The van der Waals surface area contributed by atoms with E-state index in [1.165, 1.54) is 29.1 Å². The van der Waals surface area contributed by atoms with Crippen LogP contribution >= 0.6 is 39.5 Å². The van der Waals surface area contributed by atoms with Crippen molar-refractivity contribution in [2.24, 2.45) is 10.2 Å². The Hall–Kier alpha value is -3.54. The summed E-state index contributed by atoms with van der Waals surface area (Å²) in [5.41, 5.74) is 5.76. The Morgan fingerprint density at radius 2 is 1.80 bits per heavy atom. The Morgan fingerprint density at radius 3 is 2.56 bits per heavy atom. The van der Waals surface area contributed by atoms with Gasteiger partial charge in [0, 0.05) is 22.2 Å². The molecule has 1 N–H and O–H groups in total. The van der Waals surface area contributed by atoms with E-state index in [-0.39, 0.29) is 5.91 Å². The molecule has 0 spiro atoms. The molecule has 3 heterocycles. The van der Waals surface area contributed by atoms with Crippen LogP contribution in [0.1, 0.15) is 24.5 Å². The largest absolute Gasteiger partial charge is 0.323 e. The van der Waals surface area contributed by atoms with Crippen LogP contribution in [0.5, 0.6) is 0 Å². The molecule has 3 aromatic carbocycles. The predicted molar refractivity (Wildman–Crippen MR) is 172 cm³/mol. The number of para-hydroxylation sites is 1. The minimum atomic E-state index is -0.406. The van der Waals surface area contributed by atoms with Gasteiger partial charge in [-0.1, -0.05) is 107 Å². The van der Waals surface area contributed by atoms with Crippen molar-refractivity contribution in [3.63, 3.8) is 0 Å². The Kier molecular flexibility index (Phi) is 8.45. The Bertz CT molecular complexity index is 1770. The summed E-state index contributed by atoms with van der Waals surface area (Å²) in [6.45, 7) is 2.73. The molecule has 0 saturated carbocycles. The maximum atomic E-state index is 13.2. The lowest BCUT2D eigenvalue weighted by Crippen LogP contribution is -2.37. The fourth-order valence-corrected chi connectivity index (χ4v) is 6.48. The number of benzene rings is 3. The van der Waals surface area contributed by atoms with Gasteiger partial charge < -0.3 is 9.88 Å². The van der Waals surface area contributed by atoms with Gasteiger partial charge in [0.2, 0.25) is 11.1 Å². The molecule has 41 heavy (non-hydrogen) atoms. The van der Waals surface area contributed by atoms with Crippen LogP contribution in [0.3, 0.4) is 0 Å². The van der Waals surface area contributed by atoms with Gasteiger partial charge in [-0.3, -0.25) is 4.79 Å². The molecule has 1 aliphatic rings. The van der Waals surface area contributed by atoms with Crippen LogP contribution < -0.4 is 5.32 Å². The molecule has 1 aliphatic heterocycles. The third-order valence-electron chi connectivity index (χ3n) is 6.75. The van der Waals surface area contributed by atoms with Gasteiger partial charge in [0.25, 0.3) is 0 Å². The first-order chi connectivity index (χ1) is 20.1. The zero-order valence-electron chi connectivity index (χ0n) is 22.2. The number of halogens is 1. The quantitative estimate of drug-likeness (QED) is 0.194. The summed E-state index contributed by atoms with van der Waals surface area (Å²) < 4.78 is 3.21. The second kappa shape index (κ2) is 12.5. The van der Waals surface area contributed by atoms with Crippen molar-refractivity contribution in [2.75, 3.05) is 5.75 Å². The highest BCUT2D eigenvalue weighted by Crippen LogP contribution is 2.29. The van der Waals surface area contributed by atoms with Crippen molar-refractivity contribution in [2.45, 2.75) is 36.7 Å². The molecule has 0 aliphatic carbocycles. The molecule has 11 heteroatoms. The van der Waals surface area contributed by atoms with E-state index in [0.29, 0.717) is 22.5 Å². The number of amidine groups is 1. The Morgan fingerprint density at radius 1 is 1.02 bits per heavy atom. The molecule has 206 valence electrons. The smallest absolute Gasteiger partial charge is 0.239 e. The third-order valence-corrected chi connectivity index (χ3v) is 9.37. The first kappa shape index (κ1) is 27.6. The maximum absolute atomic E-state index is 13.2. The highest BCUT2D eigenvalue weighted by atomic mass is 79.9. The van der Waals surface area contributed by atoms with E-state index in [0.717, 1.165) is 50.8 Å². The molecule has 2 aromatic heterocycles. The Labute approximate surface area is 254 Å². The van der Waals surface area contributed by atoms with Crippen LogP contribution in [0.4, 0.5) is 0 Å². The zero-order chi connectivity index (χ0) is 28.2. The van der Waals surface area contributed by atoms with Crippen molar-refractivity contribution >= 4 is 78.3 Å². The highest BCUT2D eigenvalue weighted by molar-refractivity contribution is 9.10. The van der Waals surface area contributed by atoms with Gasteiger partial charge in [-0.05, 0) is 42.2 Å². The van der Waals surface area contributed by atoms with Crippen LogP contribution in [-0.4, -0.2) is 47.5 Å². The minimum absolute atomic E-state index is 0.153. The lowest BCUT2D eigenvalue weighted by molar-refractivity contribution is -0.119.